The Bertz CT molecular complexity index is 743. The van der Waals surface area contributed by atoms with Gasteiger partial charge in [0.05, 0.1) is 0 Å². The Morgan fingerprint density at radius 3 is 2.68 bits per heavy atom. The van der Waals surface area contributed by atoms with Gasteiger partial charge in [0.2, 0.25) is 0 Å². The van der Waals surface area contributed by atoms with Gasteiger partial charge in [-0.2, -0.15) is 0 Å². The summed E-state index contributed by atoms with van der Waals surface area (Å²) >= 11 is 4.66. The third kappa shape index (κ3) is 2.36. The van der Waals surface area contributed by atoms with Crippen molar-refractivity contribution in [1.29, 1.82) is 0 Å². The fourth-order valence-corrected chi connectivity index (χ4v) is 2.74. The van der Waals surface area contributed by atoms with Crippen molar-refractivity contribution in [1.82, 2.24) is 9.59 Å². The number of nitrogens with zero attached hydrogens (tertiary/aromatic N) is 2. The molecule has 0 aliphatic carbocycles. The average molecular weight is 334 g/mol. The molecule has 0 radical (unpaired) electrons. The second kappa shape index (κ2) is 5.07. The number of nitrogens with one attached hydrogen (secondary N) is 1. The van der Waals surface area contributed by atoms with Crippen molar-refractivity contribution < 1.29 is 4.79 Å². The molecular weight excluding hydrogens is 326 g/mol. The molecule has 0 fully saturated rings. The van der Waals surface area contributed by atoms with Crippen LogP contribution in [-0.4, -0.2) is 15.5 Å². The van der Waals surface area contributed by atoms with Gasteiger partial charge in [-0.05, 0) is 29.1 Å². The van der Waals surface area contributed by atoms with Crippen molar-refractivity contribution in [2.24, 2.45) is 0 Å². The fraction of sp³-hybridized carbons (Fsp3) is 0. The molecule has 4 nitrogen and oxygen atoms in total. The van der Waals surface area contributed by atoms with Crippen LogP contribution in [0.25, 0.3) is 10.8 Å². The van der Waals surface area contributed by atoms with Gasteiger partial charge in [-0.15, -0.1) is 5.10 Å². The van der Waals surface area contributed by atoms with Crippen molar-refractivity contribution in [2.75, 3.05) is 5.32 Å². The van der Waals surface area contributed by atoms with E-state index in [4.69, 9.17) is 0 Å². The highest BCUT2D eigenvalue weighted by Gasteiger charge is 2.11. The molecule has 6 heteroatoms. The van der Waals surface area contributed by atoms with Crippen LogP contribution < -0.4 is 5.32 Å². The third-order valence-electron chi connectivity index (χ3n) is 2.71. The van der Waals surface area contributed by atoms with Gasteiger partial charge in [0, 0.05) is 20.9 Å². The van der Waals surface area contributed by atoms with Crippen LogP contribution in [0.1, 0.15) is 10.5 Å². The molecule has 0 bridgehead atoms. The Balaban J connectivity index is 2.02. The summed E-state index contributed by atoms with van der Waals surface area (Å²) in [6.45, 7) is 0. The van der Waals surface area contributed by atoms with Crippen molar-refractivity contribution in [3.63, 3.8) is 0 Å². The highest BCUT2D eigenvalue weighted by atomic mass is 79.9. The summed E-state index contributed by atoms with van der Waals surface area (Å²) in [6, 6.07) is 11.6. The van der Waals surface area contributed by atoms with Crippen molar-refractivity contribution >= 4 is 49.8 Å². The number of benzene rings is 2. The lowest BCUT2D eigenvalue weighted by Crippen LogP contribution is -2.12. The molecule has 3 rings (SSSR count). The third-order valence-corrected chi connectivity index (χ3v) is 3.91. The number of carbonyl (C=O) groups excluding carboxylic acids is 1. The first-order chi connectivity index (χ1) is 9.25. The quantitative estimate of drug-likeness (QED) is 0.777. The average Bonchev–Trinajstić information content (AvgIpc) is 2.96. The first kappa shape index (κ1) is 12.3. The van der Waals surface area contributed by atoms with E-state index < -0.39 is 0 Å². The van der Waals surface area contributed by atoms with E-state index in [0.717, 1.165) is 32.5 Å². The Hall–Kier alpha value is -1.79. The standard InChI is InChI=1S/C13H8BrN3OS/c14-10-5-6-11(9-4-2-1-3-8(9)10)15-13(18)12-7-19-17-16-12/h1-7H,(H,15,18). The van der Waals surface area contributed by atoms with Gasteiger partial charge in [-0.1, -0.05) is 44.7 Å². The zero-order chi connectivity index (χ0) is 13.2. The van der Waals surface area contributed by atoms with Gasteiger partial charge in [-0.25, -0.2) is 0 Å². The predicted octanol–water partition coefficient (Wildman–Crippen LogP) is 3.71. The molecular formula is C13H8BrN3OS. The van der Waals surface area contributed by atoms with E-state index in [-0.39, 0.29) is 5.91 Å². The second-order valence-electron chi connectivity index (χ2n) is 3.88. The largest absolute Gasteiger partial charge is 0.320 e. The van der Waals surface area contributed by atoms with Crippen LogP contribution in [0.4, 0.5) is 5.69 Å². The van der Waals surface area contributed by atoms with Gasteiger partial charge in [0.15, 0.2) is 5.69 Å². The molecule has 2 aromatic carbocycles. The molecule has 0 saturated heterocycles. The molecule has 19 heavy (non-hydrogen) atoms. The highest BCUT2D eigenvalue weighted by Crippen LogP contribution is 2.30. The van der Waals surface area contributed by atoms with Gasteiger partial charge < -0.3 is 5.32 Å². The summed E-state index contributed by atoms with van der Waals surface area (Å²) in [7, 11) is 0. The smallest absolute Gasteiger partial charge is 0.277 e. The summed E-state index contributed by atoms with van der Waals surface area (Å²) < 4.78 is 4.68. The fourth-order valence-electron chi connectivity index (χ4n) is 1.82. The Kier molecular flexibility index (Phi) is 3.27. The predicted molar refractivity (Wildman–Crippen MR) is 79.5 cm³/mol. The minimum Gasteiger partial charge on any atom is -0.320 e. The number of anilines is 1. The summed E-state index contributed by atoms with van der Waals surface area (Å²) in [5, 5.41) is 10.3. The summed E-state index contributed by atoms with van der Waals surface area (Å²) in [5.74, 6) is -0.249. The van der Waals surface area contributed by atoms with E-state index in [9.17, 15) is 4.79 Å². The maximum absolute atomic E-state index is 12.0. The monoisotopic (exact) mass is 333 g/mol. The number of amides is 1. The summed E-state index contributed by atoms with van der Waals surface area (Å²) in [5.41, 5.74) is 1.09. The van der Waals surface area contributed by atoms with E-state index in [1.807, 2.05) is 36.4 Å². The van der Waals surface area contributed by atoms with Crippen LogP contribution in [0.15, 0.2) is 46.3 Å². The highest BCUT2D eigenvalue weighted by molar-refractivity contribution is 9.10. The molecule has 0 spiro atoms. The Morgan fingerprint density at radius 1 is 1.16 bits per heavy atom. The Morgan fingerprint density at radius 2 is 1.95 bits per heavy atom. The molecule has 1 aromatic heterocycles. The van der Waals surface area contributed by atoms with Crippen molar-refractivity contribution in [2.45, 2.75) is 0 Å². The zero-order valence-corrected chi connectivity index (χ0v) is 12.0. The van der Waals surface area contributed by atoms with Crippen LogP contribution in [-0.2, 0) is 0 Å². The SMILES string of the molecule is O=C(Nc1ccc(Br)c2ccccc12)c1csnn1. The van der Waals surface area contributed by atoms with Gasteiger partial charge in [-0.3, -0.25) is 4.79 Å². The lowest BCUT2D eigenvalue weighted by atomic mass is 10.1. The molecule has 1 amide bonds. The minimum absolute atomic E-state index is 0.249. The molecule has 0 unspecified atom stereocenters. The minimum atomic E-state index is -0.249. The van der Waals surface area contributed by atoms with E-state index in [2.05, 4.69) is 30.8 Å². The summed E-state index contributed by atoms with van der Waals surface area (Å²) in [6.07, 6.45) is 0. The van der Waals surface area contributed by atoms with Gasteiger partial charge in [0.25, 0.3) is 5.91 Å². The van der Waals surface area contributed by atoms with Gasteiger partial charge >= 0.3 is 0 Å². The van der Waals surface area contributed by atoms with Crippen LogP contribution >= 0.6 is 27.5 Å². The maximum Gasteiger partial charge on any atom is 0.277 e. The van der Waals surface area contributed by atoms with Crippen LogP contribution in [0.5, 0.6) is 0 Å². The lowest BCUT2D eigenvalue weighted by molar-refractivity contribution is 0.102. The number of hydrogen-bond acceptors (Lipinski definition) is 4. The molecule has 0 atom stereocenters. The molecule has 94 valence electrons. The van der Waals surface area contributed by atoms with E-state index >= 15 is 0 Å². The molecule has 0 aliphatic heterocycles. The first-order valence-electron chi connectivity index (χ1n) is 5.51. The second-order valence-corrected chi connectivity index (χ2v) is 5.35. The van der Waals surface area contributed by atoms with Crippen molar-refractivity contribution in [3.05, 3.63) is 51.9 Å². The van der Waals surface area contributed by atoms with Gasteiger partial charge in [0.1, 0.15) is 0 Å². The number of rotatable bonds is 2. The lowest BCUT2D eigenvalue weighted by Gasteiger charge is -2.08. The van der Waals surface area contributed by atoms with E-state index in [0.29, 0.717) is 5.69 Å². The van der Waals surface area contributed by atoms with Crippen molar-refractivity contribution in [3.8, 4) is 0 Å². The number of hydrogen-bond donors (Lipinski definition) is 1. The van der Waals surface area contributed by atoms with E-state index in [1.54, 1.807) is 5.38 Å². The van der Waals surface area contributed by atoms with E-state index in [1.165, 1.54) is 0 Å². The molecule has 0 saturated carbocycles. The number of halogens is 1. The maximum atomic E-state index is 12.0. The summed E-state index contributed by atoms with van der Waals surface area (Å²) in [4.78, 5) is 12.0. The number of carbonyl (C=O) groups is 1. The van der Waals surface area contributed by atoms with Crippen LogP contribution in [0, 0.1) is 0 Å². The van der Waals surface area contributed by atoms with Crippen LogP contribution in [0.3, 0.4) is 0 Å². The molecule has 0 aliphatic rings. The molecule has 1 N–H and O–H groups in total. The Labute approximate surface area is 121 Å². The molecule has 1 heterocycles. The molecule has 3 aromatic rings. The number of aromatic nitrogens is 2. The van der Waals surface area contributed by atoms with Crippen LogP contribution in [0.2, 0.25) is 0 Å². The zero-order valence-electron chi connectivity index (χ0n) is 9.63. The number of fused-ring (bicyclic) bond motifs is 1. The topological polar surface area (TPSA) is 54.9 Å². The first-order valence-corrected chi connectivity index (χ1v) is 7.14. The normalized spacial score (nSPS) is 10.6.